The Morgan fingerprint density at radius 2 is 2.00 bits per heavy atom. The molecule has 1 N–H and O–H groups in total. The van der Waals surface area contributed by atoms with Crippen LogP contribution in [-0.4, -0.2) is 27.9 Å². The Morgan fingerprint density at radius 1 is 1.31 bits per heavy atom. The van der Waals surface area contributed by atoms with E-state index < -0.39 is 29.6 Å². The van der Waals surface area contributed by atoms with Crippen LogP contribution in [0.15, 0.2) is 24.4 Å². The summed E-state index contributed by atoms with van der Waals surface area (Å²) < 4.78 is 51.7. The average Bonchev–Trinajstić information content (AvgIpc) is 3.17. The van der Waals surface area contributed by atoms with Gasteiger partial charge >= 0.3 is 12.3 Å². The fourth-order valence-corrected chi connectivity index (χ4v) is 3.06. The second kappa shape index (κ2) is 7.27. The predicted molar refractivity (Wildman–Crippen MR) is 101 cm³/mol. The van der Waals surface area contributed by atoms with Crippen molar-refractivity contribution in [3.8, 4) is 17.1 Å². The van der Waals surface area contributed by atoms with Gasteiger partial charge in [0.05, 0.1) is 6.04 Å². The smallest absolute Gasteiger partial charge is 0.434 e. The first kappa shape index (κ1) is 21.0. The molecule has 0 aliphatic carbocycles. The van der Waals surface area contributed by atoms with Gasteiger partial charge in [-0.05, 0) is 40.7 Å². The molecule has 1 aromatic heterocycles. The standard InChI is InChI=1S/C20H24F3N3O3/c1-11(2)26-9-16(20(21,22)23)25-17(26)12-6-7-13-14(10-28-15(13)8-12)24-18(27)29-19(3,4)5/h6-9,11,14H,10H2,1-5H3,(H,24,27). The van der Waals surface area contributed by atoms with Gasteiger partial charge in [0.15, 0.2) is 5.69 Å². The first-order chi connectivity index (χ1) is 13.3. The minimum atomic E-state index is -4.52. The Bertz CT molecular complexity index is 914. The van der Waals surface area contributed by atoms with Crippen molar-refractivity contribution in [1.82, 2.24) is 14.9 Å². The van der Waals surface area contributed by atoms with Crippen LogP contribution in [0.25, 0.3) is 11.4 Å². The number of nitrogens with zero attached hydrogens (tertiary/aromatic N) is 2. The van der Waals surface area contributed by atoms with Crippen molar-refractivity contribution in [2.24, 2.45) is 0 Å². The number of fused-ring (bicyclic) bond motifs is 1. The third kappa shape index (κ3) is 4.65. The number of imidazole rings is 1. The number of benzene rings is 1. The minimum absolute atomic E-state index is 0.204. The van der Waals surface area contributed by atoms with Crippen molar-refractivity contribution in [3.63, 3.8) is 0 Å². The van der Waals surface area contributed by atoms with Gasteiger partial charge in [-0.2, -0.15) is 13.2 Å². The average molecular weight is 411 g/mol. The lowest BCUT2D eigenvalue weighted by atomic mass is 10.1. The number of alkyl carbamates (subject to hydrolysis) is 1. The fraction of sp³-hybridized carbons (Fsp3) is 0.500. The van der Waals surface area contributed by atoms with Crippen LogP contribution in [0.4, 0.5) is 18.0 Å². The number of nitrogens with one attached hydrogen (secondary N) is 1. The molecule has 1 amide bonds. The van der Waals surface area contributed by atoms with Crippen LogP contribution in [0.1, 0.15) is 58.0 Å². The summed E-state index contributed by atoms with van der Waals surface area (Å²) in [5, 5.41) is 2.75. The highest BCUT2D eigenvalue weighted by molar-refractivity contribution is 5.69. The van der Waals surface area contributed by atoms with E-state index in [9.17, 15) is 18.0 Å². The Labute approximate surface area is 167 Å². The third-order valence-corrected chi connectivity index (χ3v) is 4.32. The Morgan fingerprint density at radius 3 is 2.59 bits per heavy atom. The van der Waals surface area contributed by atoms with Crippen LogP contribution in [-0.2, 0) is 10.9 Å². The summed E-state index contributed by atoms with van der Waals surface area (Å²) >= 11 is 0. The summed E-state index contributed by atoms with van der Waals surface area (Å²) in [5.74, 6) is 0.706. The molecule has 158 valence electrons. The molecule has 0 fully saturated rings. The Kier molecular flexibility index (Phi) is 5.27. The zero-order valence-electron chi connectivity index (χ0n) is 16.9. The lowest BCUT2D eigenvalue weighted by Crippen LogP contribution is -2.35. The molecule has 0 saturated heterocycles. The molecule has 0 saturated carbocycles. The maximum Gasteiger partial charge on any atom is 0.434 e. The number of ether oxygens (including phenoxy) is 2. The summed E-state index contributed by atoms with van der Waals surface area (Å²) in [5.41, 5.74) is -0.323. The van der Waals surface area contributed by atoms with E-state index in [0.29, 0.717) is 11.3 Å². The van der Waals surface area contributed by atoms with E-state index in [1.54, 1.807) is 52.8 Å². The molecule has 2 aromatic rings. The number of carbonyl (C=O) groups is 1. The number of carbonyl (C=O) groups excluding carboxylic acids is 1. The molecule has 0 spiro atoms. The van der Waals surface area contributed by atoms with Crippen LogP contribution >= 0.6 is 0 Å². The number of hydrogen-bond donors (Lipinski definition) is 1. The lowest BCUT2D eigenvalue weighted by Gasteiger charge is -2.21. The van der Waals surface area contributed by atoms with Gasteiger partial charge in [-0.15, -0.1) is 0 Å². The van der Waals surface area contributed by atoms with Gasteiger partial charge in [0.2, 0.25) is 0 Å². The number of aromatic nitrogens is 2. The van der Waals surface area contributed by atoms with Gasteiger partial charge in [-0.25, -0.2) is 9.78 Å². The quantitative estimate of drug-likeness (QED) is 0.763. The largest absolute Gasteiger partial charge is 0.491 e. The van der Waals surface area contributed by atoms with E-state index >= 15 is 0 Å². The van der Waals surface area contributed by atoms with Gasteiger partial charge in [-0.1, -0.05) is 12.1 Å². The molecule has 9 heteroatoms. The Balaban J connectivity index is 1.87. The minimum Gasteiger partial charge on any atom is -0.491 e. The molecule has 2 heterocycles. The normalized spacial score (nSPS) is 16.5. The summed E-state index contributed by atoms with van der Waals surface area (Å²) in [6, 6.07) is 4.45. The van der Waals surface area contributed by atoms with E-state index in [1.165, 1.54) is 4.57 Å². The summed E-state index contributed by atoms with van der Waals surface area (Å²) in [4.78, 5) is 15.8. The maximum atomic E-state index is 13.1. The molecule has 29 heavy (non-hydrogen) atoms. The van der Waals surface area contributed by atoms with E-state index in [1.807, 2.05) is 0 Å². The van der Waals surface area contributed by atoms with E-state index in [2.05, 4.69) is 10.3 Å². The van der Waals surface area contributed by atoms with Crippen LogP contribution in [0.3, 0.4) is 0 Å². The second-order valence-corrected chi connectivity index (χ2v) is 8.21. The molecule has 1 aliphatic rings. The van der Waals surface area contributed by atoms with Crippen LogP contribution < -0.4 is 10.1 Å². The van der Waals surface area contributed by atoms with Crippen molar-refractivity contribution in [2.75, 3.05) is 6.61 Å². The highest BCUT2D eigenvalue weighted by Crippen LogP contribution is 2.38. The first-order valence-corrected chi connectivity index (χ1v) is 9.28. The number of halogens is 3. The molecule has 1 aliphatic heterocycles. The van der Waals surface area contributed by atoms with E-state index in [4.69, 9.17) is 9.47 Å². The maximum absolute atomic E-state index is 13.1. The van der Waals surface area contributed by atoms with Crippen LogP contribution in [0, 0.1) is 0 Å². The SMILES string of the molecule is CC(C)n1cc(C(F)(F)F)nc1-c1ccc2c(c1)OCC2NC(=O)OC(C)(C)C. The number of amides is 1. The third-order valence-electron chi connectivity index (χ3n) is 4.32. The molecule has 0 bridgehead atoms. The van der Waals surface area contributed by atoms with Gasteiger partial charge in [-0.3, -0.25) is 0 Å². The van der Waals surface area contributed by atoms with Gasteiger partial charge < -0.3 is 19.4 Å². The van der Waals surface area contributed by atoms with Crippen molar-refractivity contribution >= 4 is 6.09 Å². The van der Waals surface area contributed by atoms with Crippen molar-refractivity contribution < 1.29 is 27.4 Å². The van der Waals surface area contributed by atoms with Crippen LogP contribution in [0.5, 0.6) is 5.75 Å². The summed E-state index contributed by atoms with van der Waals surface area (Å²) in [6.07, 6.45) is -4.07. The van der Waals surface area contributed by atoms with Gasteiger partial charge in [0, 0.05) is 23.4 Å². The molecule has 0 radical (unpaired) electrons. The first-order valence-electron chi connectivity index (χ1n) is 9.28. The Hall–Kier alpha value is -2.71. The highest BCUT2D eigenvalue weighted by atomic mass is 19.4. The molecule has 3 rings (SSSR count). The van der Waals surface area contributed by atoms with Crippen LogP contribution in [0.2, 0.25) is 0 Å². The predicted octanol–water partition coefficient (Wildman–Crippen LogP) is 5.11. The van der Waals surface area contributed by atoms with Crippen molar-refractivity contribution in [3.05, 3.63) is 35.7 Å². The molecular weight excluding hydrogens is 387 g/mol. The molecular formula is C20H24F3N3O3. The van der Waals surface area contributed by atoms with Gasteiger partial charge in [0.1, 0.15) is 23.8 Å². The molecule has 1 unspecified atom stereocenters. The zero-order valence-corrected chi connectivity index (χ0v) is 16.9. The second-order valence-electron chi connectivity index (χ2n) is 8.21. The number of hydrogen-bond acceptors (Lipinski definition) is 4. The summed E-state index contributed by atoms with van der Waals surface area (Å²) in [7, 11) is 0. The highest BCUT2D eigenvalue weighted by Gasteiger charge is 2.35. The monoisotopic (exact) mass is 411 g/mol. The number of alkyl halides is 3. The lowest BCUT2D eigenvalue weighted by molar-refractivity contribution is -0.140. The molecule has 1 atom stereocenters. The topological polar surface area (TPSA) is 65.4 Å². The van der Waals surface area contributed by atoms with Gasteiger partial charge in [0.25, 0.3) is 0 Å². The fourth-order valence-electron chi connectivity index (χ4n) is 3.06. The zero-order chi connectivity index (χ0) is 21.6. The molecule has 1 aromatic carbocycles. The number of rotatable bonds is 3. The van der Waals surface area contributed by atoms with Crippen molar-refractivity contribution in [2.45, 2.75) is 58.5 Å². The van der Waals surface area contributed by atoms with E-state index in [-0.39, 0.29) is 18.5 Å². The van der Waals surface area contributed by atoms with E-state index in [0.717, 1.165) is 11.8 Å². The molecule has 6 nitrogen and oxygen atoms in total. The van der Waals surface area contributed by atoms with Crippen molar-refractivity contribution in [1.29, 1.82) is 0 Å². The summed E-state index contributed by atoms with van der Waals surface area (Å²) in [6.45, 7) is 9.09.